The lowest BCUT2D eigenvalue weighted by Gasteiger charge is -2.26. The molecular formula is C45H71N3O3. The number of amides is 3. The topological polar surface area (TPSA) is 87.3 Å². The van der Waals surface area contributed by atoms with Gasteiger partial charge in [-0.2, -0.15) is 0 Å². The van der Waals surface area contributed by atoms with Gasteiger partial charge < -0.3 is 16.0 Å². The summed E-state index contributed by atoms with van der Waals surface area (Å²) in [5.74, 6) is -0.112. The Kier molecular flexibility index (Phi) is 26.5. The summed E-state index contributed by atoms with van der Waals surface area (Å²) in [5.41, 5.74) is 1.88. The molecule has 0 fully saturated rings. The van der Waals surface area contributed by atoms with Crippen molar-refractivity contribution in [2.45, 2.75) is 139 Å². The molecule has 0 spiro atoms. The molecule has 0 aliphatic carbocycles. The first-order valence-corrected chi connectivity index (χ1v) is 19.2. The van der Waals surface area contributed by atoms with E-state index < -0.39 is 0 Å². The minimum atomic E-state index is -0.387. The lowest BCUT2D eigenvalue weighted by atomic mass is 9.84. The Labute approximate surface area is 312 Å². The second kappa shape index (κ2) is 28.7. The molecule has 0 aromatic carbocycles. The summed E-state index contributed by atoms with van der Waals surface area (Å²) in [7, 11) is 0. The van der Waals surface area contributed by atoms with Gasteiger partial charge in [-0.05, 0) is 117 Å². The van der Waals surface area contributed by atoms with Gasteiger partial charge in [0.25, 0.3) is 5.91 Å². The van der Waals surface area contributed by atoms with E-state index in [1.54, 1.807) is 6.08 Å². The fourth-order valence-corrected chi connectivity index (χ4v) is 4.95. The maximum absolute atomic E-state index is 13.8. The molecule has 3 N–H and O–H groups in total. The molecule has 2 unspecified atom stereocenters. The number of unbranched alkanes of at least 4 members (excludes halogenated alkanes) is 4. The van der Waals surface area contributed by atoms with Crippen molar-refractivity contribution in [2.24, 2.45) is 11.8 Å². The van der Waals surface area contributed by atoms with Crippen molar-refractivity contribution in [3.63, 3.8) is 0 Å². The van der Waals surface area contributed by atoms with Crippen LogP contribution in [-0.4, -0.2) is 35.8 Å². The van der Waals surface area contributed by atoms with Crippen molar-refractivity contribution in [1.82, 2.24) is 16.0 Å². The zero-order valence-corrected chi connectivity index (χ0v) is 33.7. The molecule has 0 aliphatic heterocycles. The highest BCUT2D eigenvalue weighted by molar-refractivity contribution is 5.98. The van der Waals surface area contributed by atoms with E-state index >= 15 is 0 Å². The van der Waals surface area contributed by atoms with Crippen LogP contribution in [0.1, 0.15) is 127 Å². The van der Waals surface area contributed by atoms with E-state index in [4.69, 9.17) is 0 Å². The van der Waals surface area contributed by atoms with Gasteiger partial charge in [0, 0.05) is 35.3 Å². The Morgan fingerprint density at radius 1 is 0.706 bits per heavy atom. The highest BCUT2D eigenvalue weighted by Crippen LogP contribution is 2.30. The average Bonchev–Trinajstić information content (AvgIpc) is 3.07. The Balaban J connectivity index is 6.85. The summed E-state index contributed by atoms with van der Waals surface area (Å²) in [6.45, 7) is 20.8. The van der Waals surface area contributed by atoms with Crippen LogP contribution in [0.25, 0.3) is 0 Å². The summed E-state index contributed by atoms with van der Waals surface area (Å²) in [6.07, 6.45) is 36.8. The van der Waals surface area contributed by atoms with Crippen LogP contribution in [-0.2, 0) is 14.4 Å². The minimum Gasteiger partial charge on any atom is -0.352 e. The summed E-state index contributed by atoms with van der Waals surface area (Å²) in [4.78, 5) is 40.0. The second-order valence-electron chi connectivity index (χ2n) is 14.4. The van der Waals surface area contributed by atoms with Crippen LogP contribution in [0.15, 0.2) is 108 Å². The lowest BCUT2D eigenvalue weighted by molar-refractivity contribution is -0.119. The first-order valence-electron chi connectivity index (χ1n) is 19.2. The van der Waals surface area contributed by atoms with Gasteiger partial charge in [-0.3, -0.25) is 14.4 Å². The van der Waals surface area contributed by atoms with Crippen LogP contribution < -0.4 is 16.0 Å². The lowest BCUT2D eigenvalue weighted by Crippen LogP contribution is -2.42. The van der Waals surface area contributed by atoms with E-state index in [2.05, 4.69) is 67.1 Å². The van der Waals surface area contributed by atoms with Crippen molar-refractivity contribution >= 4 is 17.7 Å². The molecule has 0 bridgehead atoms. The quantitative estimate of drug-likeness (QED) is 0.0532. The highest BCUT2D eigenvalue weighted by atomic mass is 16.2. The predicted octanol–water partition coefficient (Wildman–Crippen LogP) is 10.5. The molecule has 0 saturated heterocycles. The molecule has 0 aromatic rings. The van der Waals surface area contributed by atoms with Crippen LogP contribution in [0.2, 0.25) is 0 Å². The maximum atomic E-state index is 13.8. The normalized spacial score (nSPS) is 15.0. The van der Waals surface area contributed by atoms with E-state index in [-0.39, 0.29) is 35.2 Å². The third kappa shape index (κ3) is 24.8. The smallest absolute Gasteiger partial charge is 0.251 e. The van der Waals surface area contributed by atoms with Gasteiger partial charge >= 0.3 is 0 Å². The van der Waals surface area contributed by atoms with E-state index in [1.165, 1.54) is 6.08 Å². The molecule has 3 amide bonds. The molecular weight excluding hydrogens is 631 g/mol. The number of carbonyl (C=O) groups is 3. The number of hydrogen-bond donors (Lipinski definition) is 3. The van der Waals surface area contributed by atoms with Crippen LogP contribution in [0, 0.1) is 11.8 Å². The number of carbonyl (C=O) groups excluding carboxylic acids is 3. The largest absolute Gasteiger partial charge is 0.352 e. The predicted molar refractivity (Wildman–Crippen MR) is 220 cm³/mol. The minimum absolute atomic E-state index is 0.0633. The fourth-order valence-electron chi connectivity index (χ4n) is 4.95. The van der Waals surface area contributed by atoms with Crippen molar-refractivity contribution in [3.8, 4) is 0 Å². The third-order valence-electron chi connectivity index (χ3n) is 7.92. The van der Waals surface area contributed by atoms with E-state index in [9.17, 15) is 14.4 Å². The first kappa shape index (κ1) is 47.1. The zero-order chi connectivity index (χ0) is 38.5. The number of nitrogens with one attached hydrogen (secondary N) is 3. The number of rotatable bonds is 24. The van der Waals surface area contributed by atoms with Crippen molar-refractivity contribution in [2.75, 3.05) is 6.54 Å². The monoisotopic (exact) mass is 702 g/mol. The molecule has 0 saturated carbocycles. The van der Waals surface area contributed by atoms with Gasteiger partial charge in [0.2, 0.25) is 11.8 Å². The molecule has 51 heavy (non-hydrogen) atoms. The second-order valence-corrected chi connectivity index (χ2v) is 14.4. The Hall–Kier alpha value is -3.93. The van der Waals surface area contributed by atoms with Crippen molar-refractivity contribution < 1.29 is 14.4 Å². The Bertz CT molecular complexity index is 1300. The number of allylic oxidation sites excluding steroid dienone is 14. The van der Waals surface area contributed by atoms with Crippen molar-refractivity contribution in [1.29, 1.82) is 0 Å². The fraction of sp³-hybridized carbons (Fsp3) is 0.533. The highest BCUT2D eigenvalue weighted by Gasteiger charge is 2.26. The Morgan fingerprint density at radius 3 is 1.84 bits per heavy atom. The average molecular weight is 702 g/mol. The molecule has 0 rings (SSSR count). The molecule has 0 aromatic heterocycles. The van der Waals surface area contributed by atoms with Gasteiger partial charge in [-0.1, -0.05) is 113 Å². The van der Waals surface area contributed by atoms with Gasteiger partial charge in [0.05, 0.1) is 0 Å². The maximum Gasteiger partial charge on any atom is 0.251 e. The van der Waals surface area contributed by atoms with Crippen LogP contribution in [0.4, 0.5) is 0 Å². The summed E-state index contributed by atoms with van der Waals surface area (Å²) in [5, 5.41) is 9.28. The van der Waals surface area contributed by atoms with Crippen LogP contribution >= 0.6 is 0 Å². The summed E-state index contributed by atoms with van der Waals surface area (Å²) in [6, 6.07) is 0.103. The third-order valence-corrected chi connectivity index (χ3v) is 7.92. The molecule has 0 radical (unpaired) electrons. The molecule has 6 heteroatoms. The molecule has 0 heterocycles. The SMILES string of the molecule is CC=CC=CCCCC=C(C(=O)NCC(C)C)C(=CC=CC=CC(=O)NC(C)CC)CC(CC)C(=CCCCC=CC=CC)C(=O)NC(C)(C)C. The van der Waals surface area contributed by atoms with Gasteiger partial charge in [-0.25, -0.2) is 0 Å². The molecule has 2 atom stereocenters. The summed E-state index contributed by atoms with van der Waals surface area (Å²) < 4.78 is 0. The van der Waals surface area contributed by atoms with Crippen molar-refractivity contribution in [3.05, 3.63) is 108 Å². The summed E-state index contributed by atoms with van der Waals surface area (Å²) >= 11 is 0. The molecule has 0 aliphatic rings. The Morgan fingerprint density at radius 2 is 1.31 bits per heavy atom. The van der Waals surface area contributed by atoms with Gasteiger partial charge in [0.1, 0.15) is 0 Å². The standard InChI is InChI=1S/C45H71N3O3/c1-11-15-17-19-21-23-27-31-40(44(51)48-45(8,9)10)38(14-4)34-39(30-26-25-29-33-42(49)47-37(7)13-3)41(43(50)46-35-36(5)6)32-28-24-22-20-18-16-12-2/h11-12,15-20,25-26,29-33,36-38H,13-14,21-24,27-28,34-35H2,1-10H3,(H,46,50)(H,47,49)(H,48,51). The van der Waals surface area contributed by atoms with E-state index in [0.29, 0.717) is 24.5 Å². The zero-order valence-electron chi connectivity index (χ0n) is 33.7. The van der Waals surface area contributed by atoms with Gasteiger partial charge in [0.15, 0.2) is 0 Å². The van der Waals surface area contributed by atoms with E-state index in [1.807, 2.05) is 97.1 Å². The van der Waals surface area contributed by atoms with Crippen LogP contribution in [0.3, 0.4) is 0 Å². The van der Waals surface area contributed by atoms with E-state index in [0.717, 1.165) is 62.5 Å². The van der Waals surface area contributed by atoms with Crippen LogP contribution in [0.5, 0.6) is 0 Å². The molecule has 284 valence electrons. The van der Waals surface area contributed by atoms with Gasteiger partial charge in [-0.15, -0.1) is 0 Å². The molecule has 6 nitrogen and oxygen atoms in total. The first-order chi connectivity index (χ1) is 24.3. The number of hydrogen-bond acceptors (Lipinski definition) is 3.